The molecule has 0 radical (unpaired) electrons. The average Bonchev–Trinajstić information content (AvgIpc) is 2.87. The summed E-state index contributed by atoms with van der Waals surface area (Å²) < 4.78 is 24.6. The van der Waals surface area contributed by atoms with Gasteiger partial charge in [-0.05, 0) is 0 Å². The third-order valence-corrected chi connectivity index (χ3v) is 3.72. The molecule has 0 atom stereocenters. The summed E-state index contributed by atoms with van der Waals surface area (Å²) in [6.07, 6.45) is -2.22. The third-order valence-electron chi connectivity index (χ3n) is 2.72. The number of carbonyl (C=O) groups excluding carboxylic acids is 1. The number of hydrogen-bond donors (Lipinski definition) is 0. The summed E-state index contributed by atoms with van der Waals surface area (Å²) in [5.41, 5.74) is 1.24. The minimum atomic E-state index is -2.40. The highest BCUT2D eigenvalue weighted by Gasteiger charge is 2.14. The molecule has 1 heterocycles. The molecule has 106 valence electrons. The molecule has 1 aromatic carbocycles. The van der Waals surface area contributed by atoms with E-state index in [1.54, 1.807) is 36.7 Å². The van der Waals surface area contributed by atoms with Gasteiger partial charge >= 0.3 is 0 Å². The van der Waals surface area contributed by atoms with E-state index in [0.29, 0.717) is 16.4 Å². The second-order valence-electron chi connectivity index (χ2n) is 4.36. The molecule has 0 aliphatic rings. The summed E-state index contributed by atoms with van der Waals surface area (Å²) in [5.74, 6) is -0.0287. The van der Waals surface area contributed by atoms with Crippen LogP contribution in [0.25, 0.3) is 0 Å². The first-order valence-electron chi connectivity index (χ1n) is 6.08. The maximum Gasteiger partial charge on any atom is 0.255 e. The van der Waals surface area contributed by atoms with Gasteiger partial charge in [-0.1, -0.05) is 30.3 Å². The standard InChI is InChI=1S/C14H14F2N2OS/c1-18(8-13(15)16)14-17-11(9-20-14)7-12(19)10-5-3-2-4-6-10/h2-6,9,13H,7-8H2,1H3. The molecule has 0 saturated heterocycles. The number of benzene rings is 1. The summed E-state index contributed by atoms with van der Waals surface area (Å²) in [4.78, 5) is 17.6. The van der Waals surface area contributed by atoms with Crippen LogP contribution in [0.15, 0.2) is 35.7 Å². The molecule has 0 amide bonds. The van der Waals surface area contributed by atoms with E-state index in [4.69, 9.17) is 0 Å². The van der Waals surface area contributed by atoms with E-state index >= 15 is 0 Å². The van der Waals surface area contributed by atoms with Crippen LogP contribution >= 0.6 is 11.3 Å². The number of alkyl halides is 2. The van der Waals surface area contributed by atoms with Crippen molar-refractivity contribution >= 4 is 22.3 Å². The molecule has 1 aromatic heterocycles. The summed E-state index contributed by atoms with van der Waals surface area (Å²) in [5, 5.41) is 2.24. The molecule has 0 bridgehead atoms. The number of thiazole rings is 1. The van der Waals surface area contributed by atoms with Gasteiger partial charge in [-0.3, -0.25) is 4.79 Å². The van der Waals surface area contributed by atoms with Crippen molar-refractivity contribution in [2.24, 2.45) is 0 Å². The fourth-order valence-corrected chi connectivity index (χ4v) is 2.53. The maximum absolute atomic E-state index is 12.3. The first kappa shape index (κ1) is 14.6. The molecular formula is C14H14F2N2OS. The van der Waals surface area contributed by atoms with E-state index in [2.05, 4.69) is 4.98 Å². The normalized spacial score (nSPS) is 10.8. The van der Waals surface area contributed by atoms with Crippen molar-refractivity contribution in [2.75, 3.05) is 18.5 Å². The number of nitrogens with zero attached hydrogens (tertiary/aromatic N) is 2. The molecule has 0 spiro atoms. The van der Waals surface area contributed by atoms with Gasteiger partial charge in [-0.2, -0.15) is 0 Å². The van der Waals surface area contributed by atoms with Crippen molar-refractivity contribution in [1.29, 1.82) is 0 Å². The molecule has 6 heteroatoms. The molecule has 0 fully saturated rings. The Morgan fingerprint density at radius 3 is 2.70 bits per heavy atom. The van der Waals surface area contributed by atoms with Gasteiger partial charge in [0.1, 0.15) is 0 Å². The number of carbonyl (C=O) groups is 1. The fourth-order valence-electron chi connectivity index (χ4n) is 1.73. The van der Waals surface area contributed by atoms with Crippen LogP contribution in [-0.4, -0.2) is 30.8 Å². The highest BCUT2D eigenvalue weighted by Crippen LogP contribution is 2.21. The Hall–Kier alpha value is -1.82. The molecule has 0 N–H and O–H groups in total. The van der Waals surface area contributed by atoms with Gasteiger partial charge in [-0.25, -0.2) is 13.8 Å². The quantitative estimate of drug-likeness (QED) is 0.767. The molecular weight excluding hydrogens is 282 g/mol. The topological polar surface area (TPSA) is 33.2 Å². The maximum atomic E-state index is 12.3. The van der Waals surface area contributed by atoms with Gasteiger partial charge in [0, 0.05) is 18.0 Å². The first-order chi connectivity index (χ1) is 9.56. The second kappa shape index (κ2) is 6.56. The van der Waals surface area contributed by atoms with Crippen molar-refractivity contribution in [1.82, 2.24) is 4.98 Å². The van der Waals surface area contributed by atoms with Crippen LogP contribution in [0.1, 0.15) is 16.1 Å². The zero-order valence-corrected chi connectivity index (χ0v) is 11.7. The van der Waals surface area contributed by atoms with Gasteiger partial charge in [-0.15, -0.1) is 11.3 Å². The number of anilines is 1. The SMILES string of the molecule is CN(CC(F)F)c1nc(CC(=O)c2ccccc2)cs1. The van der Waals surface area contributed by atoms with Crippen molar-refractivity contribution in [3.8, 4) is 0 Å². The van der Waals surface area contributed by atoms with Crippen LogP contribution in [0.3, 0.4) is 0 Å². The fraction of sp³-hybridized carbons (Fsp3) is 0.286. The van der Waals surface area contributed by atoms with Crippen LogP contribution < -0.4 is 4.90 Å². The Kier molecular flexibility index (Phi) is 4.79. The van der Waals surface area contributed by atoms with Crippen molar-refractivity contribution in [3.05, 3.63) is 47.0 Å². The monoisotopic (exact) mass is 296 g/mol. The smallest absolute Gasteiger partial charge is 0.255 e. The lowest BCUT2D eigenvalue weighted by atomic mass is 10.1. The highest BCUT2D eigenvalue weighted by atomic mass is 32.1. The van der Waals surface area contributed by atoms with Gasteiger partial charge in [0.05, 0.1) is 18.7 Å². The van der Waals surface area contributed by atoms with E-state index in [9.17, 15) is 13.6 Å². The Bertz CT molecular complexity index is 572. The van der Waals surface area contributed by atoms with Crippen LogP contribution in [0, 0.1) is 0 Å². The highest BCUT2D eigenvalue weighted by molar-refractivity contribution is 7.13. The lowest BCUT2D eigenvalue weighted by Gasteiger charge is -2.14. The predicted octanol–water partition coefficient (Wildman–Crippen LogP) is 3.27. The molecule has 0 saturated carbocycles. The number of aromatic nitrogens is 1. The third kappa shape index (κ3) is 3.84. The Morgan fingerprint density at radius 2 is 2.05 bits per heavy atom. The van der Waals surface area contributed by atoms with E-state index in [1.165, 1.54) is 16.2 Å². The Balaban J connectivity index is 2.01. The molecule has 3 nitrogen and oxygen atoms in total. The number of hydrogen-bond acceptors (Lipinski definition) is 4. The van der Waals surface area contributed by atoms with Gasteiger partial charge < -0.3 is 4.90 Å². The Labute approximate surface area is 119 Å². The van der Waals surface area contributed by atoms with Crippen LogP contribution in [0.2, 0.25) is 0 Å². The second-order valence-corrected chi connectivity index (χ2v) is 5.20. The molecule has 2 rings (SSSR count). The molecule has 2 aromatic rings. The number of halogens is 2. The van der Waals surface area contributed by atoms with Crippen molar-refractivity contribution in [3.63, 3.8) is 0 Å². The van der Waals surface area contributed by atoms with Crippen LogP contribution in [0.5, 0.6) is 0 Å². The summed E-state index contributed by atoms with van der Waals surface area (Å²) in [6.45, 7) is -0.362. The first-order valence-corrected chi connectivity index (χ1v) is 6.96. The van der Waals surface area contributed by atoms with Crippen LogP contribution in [0.4, 0.5) is 13.9 Å². The summed E-state index contributed by atoms with van der Waals surface area (Å²) in [7, 11) is 1.56. The average molecular weight is 296 g/mol. The lowest BCUT2D eigenvalue weighted by molar-refractivity contribution is 0.0992. The van der Waals surface area contributed by atoms with E-state index in [-0.39, 0.29) is 18.7 Å². The van der Waals surface area contributed by atoms with Crippen molar-refractivity contribution in [2.45, 2.75) is 12.8 Å². The molecule has 0 aliphatic carbocycles. The van der Waals surface area contributed by atoms with Crippen molar-refractivity contribution < 1.29 is 13.6 Å². The summed E-state index contributed by atoms with van der Waals surface area (Å²) in [6, 6.07) is 8.94. The summed E-state index contributed by atoms with van der Waals surface area (Å²) >= 11 is 1.27. The van der Waals surface area contributed by atoms with E-state index < -0.39 is 6.43 Å². The van der Waals surface area contributed by atoms with Gasteiger partial charge in [0.15, 0.2) is 10.9 Å². The minimum absolute atomic E-state index is 0.0287. The van der Waals surface area contributed by atoms with Crippen LogP contribution in [-0.2, 0) is 6.42 Å². The molecule has 20 heavy (non-hydrogen) atoms. The Morgan fingerprint density at radius 1 is 1.35 bits per heavy atom. The van der Waals surface area contributed by atoms with E-state index in [1.807, 2.05) is 6.07 Å². The number of rotatable bonds is 6. The lowest BCUT2D eigenvalue weighted by Crippen LogP contribution is -2.23. The zero-order chi connectivity index (χ0) is 14.5. The zero-order valence-electron chi connectivity index (χ0n) is 10.9. The van der Waals surface area contributed by atoms with E-state index in [0.717, 1.165) is 0 Å². The number of ketones is 1. The van der Waals surface area contributed by atoms with Gasteiger partial charge in [0.2, 0.25) is 0 Å². The van der Waals surface area contributed by atoms with Gasteiger partial charge in [0.25, 0.3) is 6.43 Å². The predicted molar refractivity (Wildman–Crippen MR) is 75.9 cm³/mol. The molecule has 0 aliphatic heterocycles. The molecule has 0 unspecified atom stereocenters. The largest absolute Gasteiger partial charge is 0.345 e. The number of Topliss-reactive ketones (excluding diaryl/α,β-unsaturated/α-hetero) is 1. The minimum Gasteiger partial charge on any atom is -0.345 e.